The van der Waals surface area contributed by atoms with Crippen LogP contribution in [0, 0.1) is 6.92 Å². The van der Waals surface area contributed by atoms with Gasteiger partial charge in [0.2, 0.25) is 0 Å². The first-order valence-electron chi connectivity index (χ1n) is 8.15. The average Bonchev–Trinajstić information content (AvgIpc) is 2.53. The first kappa shape index (κ1) is 18.7. The topological polar surface area (TPSA) is 81.7 Å². The number of rotatable bonds is 7. The van der Waals surface area contributed by atoms with Crippen molar-refractivity contribution in [2.45, 2.75) is 32.2 Å². The predicted molar refractivity (Wildman–Crippen MR) is 92.3 cm³/mol. The van der Waals surface area contributed by atoms with Crippen LogP contribution in [0.25, 0.3) is 0 Å². The van der Waals surface area contributed by atoms with Gasteiger partial charge in [0, 0.05) is 31.1 Å². The third-order valence-corrected chi connectivity index (χ3v) is 4.97. The second-order valence-corrected chi connectivity index (χ2v) is 8.43. The highest BCUT2D eigenvalue weighted by atomic mass is 32.2. The molecule has 1 fully saturated rings. The van der Waals surface area contributed by atoms with E-state index in [1.165, 1.54) is 6.26 Å². The summed E-state index contributed by atoms with van der Waals surface area (Å²) in [5, 5.41) is 3.04. The second kappa shape index (κ2) is 8.48. The van der Waals surface area contributed by atoms with Crippen LogP contribution in [0.1, 0.15) is 35.2 Å². The van der Waals surface area contributed by atoms with E-state index < -0.39 is 9.84 Å². The molecule has 1 aromatic rings. The van der Waals surface area contributed by atoms with Gasteiger partial charge in [-0.15, -0.1) is 0 Å². The van der Waals surface area contributed by atoms with E-state index >= 15 is 0 Å². The molecule has 0 bridgehead atoms. The van der Waals surface area contributed by atoms with E-state index in [0.717, 1.165) is 18.4 Å². The SMILES string of the molecule is Cc1ccc(OCCCS(C)(=O)=O)cc1C(=O)NC1CCOCC1. The minimum atomic E-state index is -2.98. The molecule has 0 unspecified atom stereocenters. The van der Waals surface area contributed by atoms with Gasteiger partial charge in [-0.3, -0.25) is 4.79 Å². The zero-order valence-electron chi connectivity index (χ0n) is 14.2. The molecule has 0 aliphatic carbocycles. The van der Waals surface area contributed by atoms with Gasteiger partial charge in [-0.05, 0) is 43.9 Å². The summed E-state index contributed by atoms with van der Waals surface area (Å²) in [6.07, 6.45) is 3.28. The molecule has 0 atom stereocenters. The molecule has 1 aromatic carbocycles. The maximum Gasteiger partial charge on any atom is 0.251 e. The Morgan fingerprint density at radius 3 is 2.71 bits per heavy atom. The maximum atomic E-state index is 12.5. The third-order valence-electron chi connectivity index (χ3n) is 3.94. The van der Waals surface area contributed by atoms with Crippen molar-refractivity contribution in [3.8, 4) is 5.75 Å². The number of nitrogens with one attached hydrogen (secondary N) is 1. The smallest absolute Gasteiger partial charge is 0.251 e. The molecule has 2 rings (SSSR count). The number of benzene rings is 1. The third kappa shape index (κ3) is 6.13. The van der Waals surface area contributed by atoms with Crippen molar-refractivity contribution in [3.63, 3.8) is 0 Å². The molecule has 1 N–H and O–H groups in total. The fourth-order valence-corrected chi connectivity index (χ4v) is 3.19. The Kier molecular flexibility index (Phi) is 6.62. The van der Waals surface area contributed by atoms with Gasteiger partial charge in [0.05, 0.1) is 12.4 Å². The Hall–Kier alpha value is -1.60. The van der Waals surface area contributed by atoms with Gasteiger partial charge in [0.25, 0.3) is 5.91 Å². The molecule has 1 heterocycles. The van der Waals surface area contributed by atoms with Gasteiger partial charge in [0.15, 0.2) is 0 Å². The average molecular weight is 355 g/mol. The quantitative estimate of drug-likeness (QED) is 0.753. The zero-order valence-corrected chi connectivity index (χ0v) is 15.0. The van der Waals surface area contributed by atoms with E-state index in [9.17, 15) is 13.2 Å². The van der Waals surface area contributed by atoms with Crippen molar-refractivity contribution >= 4 is 15.7 Å². The van der Waals surface area contributed by atoms with Gasteiger partial charge in [0.1, 0.15) is 15.6 Å². The molecule has 0 spiro atoms. The molecular weight excluding hydrogens is 330 g/mol. The standard InChI is InChI=1S/C17H25NO5S/c1-13-4-5-15(23-8-3-11-24(2,20)21)12-16(13)17(19)18-14-6-9-22-10-7-14/h4-5,12,14H,3,6-11H2,1-2H3,(H,18,19). The lowest BCUT2D eigenvalue weighted by atomic mass is 10.1. The van der Waals surface area contributed by atoms with Crippen LogP contribution in [0.5, 0.6) is 5.75 Å². The lowest BCUT2D eigenvalue weighted by Gasteiger charge is -2.23. The highest BCUT2D eigenvalue weighted by molar-refractivity contribution is 7.90. The van der Waals surface area contributed by atoms with E-state index in [4.69, 9.17) is 9.47 Å². The van der Waals surface area contributed by atoms with Crippen molar-refractivity contribution < 1.29 is 22.7 Å². The molecule has 134 valence electrons. The van der Waals surface area contributed by atoms with E-state index in [1.54, 1.807) is 12.1 Å². The molecule has 24 heavy (non-hydrogen) atoms. The summed E-state index contributed by atoms with van der Waals surface area (Å²) in [5.41, 5.74) is 1.46. The molecule has 1 amide bonds. The number of carbonyl (C=O) groups is 1. The molecule has 1 aliphatic heterocycles. The summed E-state index contributed by atoms with van der Waals surface area (Å²) >= 11 is 0. The molecule has 1 saturated heterocycles. The first-order chi connectivity index (χ1) is 11.3. The molecule has 0 radical (unpaired) electrons. The van der Waals surface area contributed by atoms with Crippen molar-refractivity contribution in [1.82, 2.24) is 5.32 Å². The maximum absolute atomic E-state index is 12.5. The van der Waals surface area contributed by atoms with Gasteiger partial charge in [-0.2, -0.15) is 0 Å². The van der Waals surface area contributed by atoms with Gasteiger partial charge in [-0.25, -0.2) is 8.42 Å². The van der Waals surface area contributed by atoms with Crippen LogP contribution >= 0.6 is 0 Å². The molecule has 0 saturated carbocycles. The number of hydrogen-bond donors (Lipinski definition) is 1. The largest absolute Gasteiger partial charge is 0.494 e. The lowest BCUT2D eigenvalue weighted by molar-refractivity contribution is 0.0696. The van der Waals surface area contributed by atoms with E-state index in [2.05, 4.69) is 5.32 Å². The van der Waals surface area contributed by atoms with E-state index in [1.807, 2.05) is 13.0 Å². The van der Waals surface area contributed by atoms with Crippen molar-refractivity contribution in [3.05, 3.63) is 29.3 Å². The Balaban J connectivity index is 1.93. The summed E-state index contributed by atoms with van der Waals surface area (Å²) in [7, 11) is -2.98. The van der Waals surface area contributed by atoms with Crippen molar-refractivity contribution in [1.29, 1.82) is 0 Å². The van der Waals surface area contributed by atoms with Crippen LogP contribution < -0.4 is 10.1 Å². The predicted octanol–water partition coefficient (Wildman–Crippen LogP) is 1.72. The first-order valence-corrected chi connectivity index (χ1v) is 10.2. The minimum absolute atomic E-state index is 0.0932. The van der Waals surface area contributed by atoms with Crippen molar-refractivity contribution in [2.24, 2.45) is 0 Å². The Morgan fingerprint density at radius 2 is 2.04 bits per heavy atom. The van der Waals surface area contributed by atoms with Gasteiger partial charge < -0.3 is 14.8 Å². The molecular formula is C17H25NO5S. The van der Waals surface area contributed by atoms with Crippen LogP contribution in [0.4, 0.5) is 0 Å². The van der Waals surface area contributed by atoms with Crippen LogP contribution in [-0.2, 0) is 14.6 Å². The number of aryl methyl sites for hydroxylation is 1. The fraction of sp³-hybridized carbons (Fsp3) is 0.588. The normalized spacial score (nSPS) is 15.9. The summed E-state index contributed by atoms with van der Waals surface area (Å²) in [5.74, 6) is 0.558. The highest BCUT2D eigenvalue weighted by Gasteiger charge is 2.18. The molecule has 1 aliphatic rings. The molecule has 0 aromatic heterocycles. The monoisotopic (exact) mass is 355 g/mol. The van der Waals surface area contributed by atoms with Crippen LogP contribution in [0.2, 0.25) is 0 Å². The number of hydrogen-bond acceptors (Lipinski definition) is 5. The lowest BCUT2D eigenvalue weighted by Crippen LogP contribution is -2.39. The summed E-state index contributed by atoms with van der Waals surface area (Å²) in [6.45, 7) is 3.53. The van der Waals surface area contributed by atoms with Crippen molar-refractivity contribution in [2.75, 3.05) is 31.8 Å². The minimum Gasteiger partial charge on any atom is -0.494 e. The Morgan fingerprint density at radius 1 is 1.33 bits per heavy atom. The number of carbonyl (C=O) groups excluding carboxylic acids is 1. The molecule has 7 heteroatoms. The van der Waals surface area contributed by atoms with Crippen LogP contribution in [-0.4, -0.2) is 52.2 Å². The summed E-state index contributed by atoms with van der Waals surface area (Å²) in [6, 6.07) is 5.49. The van der Waals surface area contributed by atoms with Crippen LogP contribution in [0.15, 0.2) is 18.2 Å². The summed E-state index contributed by atoms with van der Waals surface area (Å²) < 4.78 is 33.1. The zero-order chi connectivity index (χ0) is 17.6. The highest BCUT2D eigenvalue weighted by Crippen LogP contribution is 2.18. The molecule has 6 nitrogen and oxygen atoms in total. The number of sulfone groups is 1. The summed E-state index contributed by atoms with van der Waals surface area (Å²) in [4.78, 5) is 12.5. The van der Waals surface area contributed by atoms with E-state index in [-0.39, 0.29) is 17.7 Å². The fourth-order valence-electron chi connectivity index (χ4n) is 2.55. The Bertz CT molecular complexity index is 666. The van der Waals surface area contributed by atoms with Crippen LogP contribution in [0.3, 0.4) is 0 Å². The van der Waals surface area contributed by atoms with Gasteiger partial charge in [-0.1, -0.05) is 6.07 Å². The van der Waals surface area contributed by atoms with E-state index in [0.29, 0.717) is 37.6 Å². The van der Waals surface area contributed by atoms with Gasteiger partial charge >= 0.3 is 0 Å². The Labute approximate surface area is 143 Å². The number of ether oxygens (including phenoxy) is 2. The number of amides is 1. The second-order valence-electron chi connectivity index (χ2n) is 6.17.